The Morgan fingerprint density at radius 3 is 1.14 bits per heavy atom. The van der Waals surface area contributed by atoms with E-state index in [9.17, 15) is 26.3 Å². The van der Waals surface area contributed by atoms with Crippen LogP contribution in [0.1, 0.15) is 13.8 Å². The summed E-state index contributed by atoms with van der Waals surface area (Å²) in [4.78, 5) is 0. The van der Waals surface area contributed by atoms with Crippen LogP contribution < -0.4 is 0 Å². The van der Waals surface area contributed by atoms with Gasteiger partial charge in [-0.1, -0.05) is 0 Å². The van der Waals surface area contributed by atoms with Crippen LogP contribution in [0, 0.1) is 0 Å². The van der Waals surface area contributed by atoms with Crippen LogP contribution in [0.2, 0.25) is 0 Å². The molecular formula is C8H6F6. The van der Waals surface area contributed by atoms with Gasteiger partial charge in [0.05, 0.1) is 0 Å². The van der Waals surface area contributed by atoms with E-state index in [4.69, 9.17) is 0 Å². The summed E-state index contributed by atoms with van der Waals surface area (Å²) in [6.07, 6.45) is 0. The van der Waals surface area contributed by atoms with Crippen molar-refractivity contribution in [2.75, 3.05) is 0 Å². The van der Waals surface area contributed by atoms with Crippen molar-refractivity contribution in [3.05, 3.63) is 23.3 Å². The van der Waals surface area contributed by atoms with Crippen LogP contribution in [0.15, 0.2) is 23.3 Å². The molecule has 1 aliphatic rings. The Bertz CT molecular complexity index is 302. The molecule has 0 aromatic carbocycles. The highest BCUT2D eigenvalue weighted by molar-refractivity contribution is 5.41. The van der Waals surface area contributed by atoms with Crippen LogP contribution in [-0.2, 0) is 0 Å². The Balaban J connectivity index is 3.48. The van der Waals surface area contributed by atoms with Gasteiger partial charge in [0.15, 0.2) is 23.3 Å². The van der Waals surface area contributed by atoms with E-state index >= 15 is 0 Å². The standard InChI is InChI=1S/C8H6F6/c1-7(13)5(11)3(9)4(10)6(12)8(7,2)14/h1-2H3. The van der Waals surface area contributed by atoms with E-state index in [2.05, 4.69) is 0 Å². The van der Waals surface area contributed by atoms with Gasteiger partial charge in [0.2, 0.25) is 11.3 Å². The molecular weight excluding hydrogens is 210 g/mol. The number of hydrogen-bond acceptors (Lipinski definition) is 0. The van der Waals surface area contributed by atoms with Gasteiger partial charge in [-0.2, -0.15) is 0 Å². The summed E-state index contributed by atoms with van der Waals surface area (Å²) in [5, 5.41) is 0. The van der Waals surface area contributed by atoms with Crippen LogP contribution in [-0.4, -0.2) is 11.3 Å². The van der Waals surface area contributed by atoms with E-state index in [0.29, 0.717) is 13.8 Å². The molecule has 0 amide bonds. The molecule has 14 heavy (non-hydrogen) atoms. The lowest BCUT2D eigenvalue weighted by Gasteiger charge is -2.34. The van der Waals surface area contributed by atoms with Gasteiger partial charge in [0, 0.05) is 0 Å². The summed E-state index contributed by atoms with van der Waals surface area (Å²) in [5.74, 6) is -9.21. The monoisotopic (exact) mass is 216 g/mol. The van der Waals surface area contributed by atoms with Gasteiger partial charge in [-0.05, 0) is 13.8 Å². The molecule has 0 aliphatic heterocycles. The molecule has 0 aromatic rings. The molecule has 0 aromatic heterocycles. The van der Waals surface area contributed by atoms with Crippen LogP contribution in [0.4, 0.5) is 26.3 Å². The highest BCUT2D eigenvalue weighted by Crippen LogP contribution is 2.50. The fourth-order valence-corrected chi connectivity index (χ4v) is 1.02. The van der Waals surface area contributed by atoms with Crippen molar-refractivity contribution < 1.29 is 26.3 Å². The summed E-state index contributed by atoms with van der Waals surface area (Å²) in [6.45, 7) is 0.599. The van der Waals surface area contributed by atoms with E-state index in [1.165, 1.54) is 0 Å². The average Bonchev–Trinajstić information content (AvgIpc) is 2.10. The average molecular weight is 216 g/mol. The minimum absolute atomic E-state index is 0.300. The van der Waals surface area contributed by atoms with Gasteiger partial charge < -0.3 is 0 Å². The zero-order valence-electron chi connectivity index (χ0n) is 7.27. The molecule has 6 heteroatoms. The second kappa shape index (κ2) is 2.77. The Morgan fingerprint density at radius 1 is 0.714 bits per heavy atom. The molecule has 0 radical (unpaired) electrons. The highest BCUT2D eigenvalue weighted by Gasteiger charge is 2.59. The summed E-state index contributed by atoms with van der Waals surface area (Å²) >= 11 is 0. The Kier molecular flexibility index (Phi) is 2.21. The minimum atomic E-state index is -3.54. The van der Waals surface area contributed by atoms with Gasteiger partial charge in [0.1, 0.15) is 0 Å². The summed E-state index contributed by atoms with van der Waals surface area (Å²) in [5.41, 5.74) is -7.09. The predicted octanol–water partition coefficient (Wildman–Crippen LogP) is 3.76. The van der Waals surface area contributed by atoms with E-state index in [-0.39, 0.29) is 0 Å². The molecule has 2 unspecified atom stereocenters. The maximum atomic E-state index is 13.2. The van der Waals surface area contributed by atoms with E-state index < -0.39 is 34.6 Å². The smallest absolute Gasteiger partial charge is 0.202 e. The van der Waals surface area contributed by atoms with Crippen molar-refractivity contribution in [2.24, 2.45) is 0 Å². The minimum Gasteiger partial charge on any atom is -0.232 e. The molecule has 1 aliphatic carbocycles. The van der Waals surface area contributed by atoms with Crippen molar-refractivity contribution in [2.45, 2.75) is 25.2 Å². The number of halogens is 6. The molecule has 1 rings (SSSR count). The van der Waals surface area contributed by atoms with Gasteiger partial charge in [-0.25, -0.2) is 26.3 Å². The first-order valence-electron chi connectivity index (χ1n) is 3.63. The van der Waals surface area contributed by atoms with Crippen molar-refractivity contribution in [1.29, 1.82) is 0 Å². The molecule has 0 N–H and O–H groups in total. The number of hydrogen-bond donors (Lipinski definition) is 0. The van der Waals surface area contributed by atoms with Crippen LogP contribution in [0.3, 0.4) is 0 Å². The third-order valence-corrected chi connectivity index (χ3v) is 2.28. The van der Waals surface area contributed by atoms with Crippen LogP contribution >= 0.6 is 0 Å². The largest absolute Gasteiger partial charge is 0.232 e. The Hall–Kier alpha value is -0.940. The highest BCUT2D eigenvalue weighted by atomic mass is 19.2. The number of allylic oxidation sites excluding steroid dienone is 4. The summed E-state index contributed by atoms with van der Waals surface area (Å²) < 4.78 is 76.9. The lowest BCUT2D eigenvalue weighted by Crippen LogP contribution is -2.46. The third kappa shape index (κ3) is 1.09. The number of rotatable bonds is 0. The van der Waals surface area contributed by atoms with E-state index in [1.54, 1.807) is 0 Å². The molecule has 0 nitrogen and oxygen atoms in total. The van der Waals surface area contributed by atoms with Gasteiger partial charge >= 0.3 is 0 Å². The van der Waals surface area contributed by atoms with Crippen molar-refractivity contribution in [3.63, 3.8) is 0 Å². The lowest BCUT2D eigenvalue weighted by atomic mass is 9.83. The molecule has 0 bridgehead atoms. The van der Waals surface area contributed by atoms with Crippen molar-refractivity contribution in [3.8, 4) is 0 Å². The fourth-order valence-electron chi connectivity index (χ4n) is 1.02. The van der Waals surface area contributed by atoms with Crippen LogP contribution in [0.25, 0.3) is 0 Å². The number of alkyl halides is 2. The third-order valence-electron chi connectivity index (χ3n) is 2.28. The molecule has 0 heterocycles. The SMILES string of the molecule is CC1(F)C(F)=C(F)C(F)=C(F)C1(C)F. The second-order valence-electron chi connectivity index (χ2n) is 3.26. The predicted molar refractivity (Wildman–Crippen MR) is 37.5 cm³/mol. The quantitative estimate of drug-likeness (QED) is 0.541. The first-order chi connectivity index (χ1) is 6.14. The first kappa shape index (κ1) is 11.1. The summed E-state index contributed by atoms with van der Waals surface area (Å²) in [6, 6.07) is 0. The first-order valence-corrected chi connectivity index (χ1v) is 3.63. The van der Waals surface area contributed by atoms with Gasteiger partial charge in [-0.3, -0.25) is 0 Å². The molecule has 2 atom stereocenters. The molecule has 0 saturated carbocycles. The summed E-state index contributed by atoms with van der Waals surface area (Å²) in [7, 11) is 0. The zero-order valence-corrected chi connectivity index (χ0v) is 7.27. The van der Waals surface area contributed by atoms with Crippen molar-refractivity contribution in [1.82, 2.24) is 0 Å². The van der Waals surface area contributed by atoms with Crippen LogP contribution in [0.5, 0.6) is 0 Å². The molecule has 0 fully saturated rings. The van der Waals surface area contributed by atoms with E-state index in [1.807, 2.05) is 0 Å². The molecule has 0 spiro atoms. The fraction of sp³-hybridized carbons (Fsp3) is 0.500. The maximum absolute atomic E-state index is 13.2. The van der Waals surface area contributed by atoms with Gasteiger partial charge in [-0.15, -0.1) is 0 Å². The van der Waals surface area contributed by atoms with Gasteiger partial charge in [0.25, 0.3) is 0 Å². The van der Waals surface area contributed by atoms with E-state index in [0.717, 1.165) is 0 Å². The second-order valence-corrected chi connectivity index (χ2v) is 3.26. The van der Waals surface area contributed by atoms with Crippen molar-refractivity contribution >= 4 is 0 Å². The maximum Gasteiger partial charge on any atom is 0.202 e. The normalized spacial score (nSPS) is 39.4. The lowest BCUT2D eigenvalue weighted by molar-refractivity contribution is -0.00132. The molecule has 80 valence electrons. The zero-order chi connectivity index (χ0) is 11.3. The Labute approximate surface area is 75.9 Å². The molecule has 0 saturated heterocycles. The topological polar surface area (TPSA) is 0 Å². The Morgan fingerprint density at radius 2 is 0.929 bits per heavy atom.